The van der Waals surface area contributed by atoms with Crippen LogP contribution in [0.15, 0.2) is 71.6 Å². The molecule has 4 N–H and O–H groups in total. The highest BCUT2D eigenvalue weighted by Gasteiger charge is 2.28. The maximum absolute atomic E-state index is 12.7. The van der Waals surface area contributed by atoms with Gasteiger partial charge in [-0.3, -0.25) is 4.79 Å². The topological polar surface area (TPSA) is 101 Å². The number of benzene rings is 3. The molecule has 0 saturated carbocycles. The van der Waals surface area contributed by atoms with E-state index < -0.39 is 10.0 Å². The fourth-order valence-electron chi connectivity index (χ4n) is 3.66. The van der Waals surface area contributed by atoms with Gasteiger partial charge in [0.25, 0.3) is 5.91 Å². The second-order valence-electron chi connectivity index (χ2n) is 7.48. The Morgan fingerprint density at radius 3 is 2.50 bits per heavy atom. The van der Waals surface area contributed by atoms with E-state index in [0.717, 1.165) is 16.7 Å². The predicted molar refractivity (Wildman–Crippen MR) is 118 cm³/mol. The summed E-state index contributed by atoms with van der Waals surface area (Å²) in [6.45, 7) is 1.91. The molecule has 154 valence electrons. The minimum Gasteiger partial charge on any atom is -0.397 e. The molecule has 0 saturated heterocycles. The molecule has 0 radical (unpaired) electrons. The lowest BCUT2D eigenvalue weighted by molar-refractivity contribution is 0.102. The number of nitrogens with two attached hydrogens (primary N) is 1. The van der Waals surface area contributed by atoms with Crippen LogP contribution in [0.3, 0.4) is 0 Å². The molecule has 0 spiro atoms. The zero-order chi connectivity index (χ0) is 21.3. The monoisotopic (exact) mass is 421 g/mol. The van der Waals surface area contributed by atoms with Gasteiger partial charge in [0, 0.05) is 11.6 Å². The maximum atomic E-state index is 12.7. The molecule has 3 aromatic carbocycles. The third kappa shape index (κ3) is 4.08. The van der Waals surface area contributed by atoms with Crippen LogP contribution in [0.1, 0.15) is 39.5 Å². The first-order valence-electron chi connectivity index (χ1n) is 9.71. The molecule has 1 amide bonds. The van der Waals surface area contributed by atoms with E-state index in [9.17, 15) is 13.2 Å². The minimum absolute atomic E-state index is 0.248. The Morgan fingerprint density at radius 1 is 1.03 bits per heavy atom. The van der Waals surface area contributed by atoms with E-state index in [1.807, 2.05) is 19.1 Å². The van der Waals surface area contributed by atoms with Crippen LogP contribution in [0.25, 0.3) is 0 Å². The molecule has 0 aliphatic heterocycles. The van der Waals surface area contributed by atoms with Crippen molar-refractivity contribution in [1.29, 1.82) is 0 Å². The average molecular weight is 422 g/mol. The van der Waals surface area contributed by atoms with E-state index in [0.29, 0.717) is 29.8 Å². The molecule has 1 aliphatic carbocycles. The highest BCUT2D eigenvalue weighted by Crippen LogP contribution is 2.33. The van der Waals surface area contributed by atoms with Crippen LogP contribution in [0.2, 0.25) is 0 Å². The zero-order valence-electron chi connectivity index (χ0n) is 16.6. The van der Waals surface area contributed by atoms with Gasteiger partial charge in [0.1, 0.15) is 0 Å². The summed E-state index contributed by atoms with van der Waals surface area (Å²) in [6.07, 6.45) is 1.35. The van der Waals surface area contributed by atoms with Crippen molar-refractivity contribution in [3.05, 3.63) is 89.0 Å². The van der Waals surface area contributed by atoms with Crippen LogP contribution in [0, 0.1) is 6.92 Å². The number of carbonyl (C=O) groups is 1. The zero-order valence-corrected chi connectivity index (χ0v) is 17.4. The van der Waals surface area contributed by atoms with E-state index in [2.05, 4.69) is 10.0 Å². The van der Waals surface area contributed by atoms with Crippen LogP contribution in [0.4, 0.5) is 11.4 Å². The van der Waals surface area contributed by atoms with Gasteiger partial charge in [0.05, 0.1) is 16.3 Å². The summed E-state index contributed by atoms with van der Waals surface area (Å²) in [6, 6.07) is 18.9. The summed E-state index contributed by atoms with van der Waals surface area (Å²) in [7, 11) is -3.62. The summed E-state index contributed by atoms with van der Waals surface area (Å²) in [5.74, 6) is -0.251. The van der Waals surface area contributed by atoms with Gasteiger partial charge in [0.2, 0.25) is 10.0 Å². The Balaban J connectivity index is 1.51. The standard InChI is InChI=1S/C23H23N3O3S/c1-15-6-10-18(11-7-15)30(28,29)26-21-13-9-16-14-17(8-12-19(16)21)23(27)25-22-5-3-2-4-20(22)24/h2-8,10-12,14,21,26H,9,13,24H2,1H3,(H,25,27). The third-order valence-electron chi connectivity index (χ3n) is 5.32. The molecule has 6 nitrogen and oxygen atoms in total. The first kappa shape index (κ1) is 20.1. The van der Waals surface area contributed by atoms with Gasteiger partial charge in [0.15, 0.2) is 0 Å². The highest BCUT2D eigenvalue weighted by molar-refractivity contribution is 7.89. The molecule has 1 unspecified atom stereocenters. The second-order valence-corrected chi connectivity index (χ2v) is 9.19. The Hall–Kier alpha value is -3.16. The molecule has 0 bridgehead atoms. The Bertz CT molecular complexity index is 1200. The number of hydrogen-bond acceptors (Lipinski definition) is 4. The fraction of sp³-hybridized carbons (Fsp3) is 0.174. The third-order valence-corrected chi connectivity index (χ3v) is 6.81. The number of fused-ring (bicyclic) bond motifs is 1. The molecule has 3 aromatic rings. The molecule has 7 heteroatoms. The van der Waals surface area contributed by atoms with E-state index in [1.165, 1.54) is 0 Å². The summed E-state index contributed by atoms with van der Waals surface area (Å²) >= 11 is 0. The second kappa shape index (κ2) is 7.93. The average Bonchev–Trinajstić information content (AvgIpc) is 3.11. The van der Waals surface area contributed by atoms with Crippen LogP contribution in [-0.2, 0) is 16.4 Å². The molecular formula is C23H23N3O3S. The van der Waals surface area contributed by atoms with Gasteiger partial charge in [-0.1, -0.05) is 35.9 Å². The molecule has 1 aliphatic rings. The van der Waals surface area contributed by atoms with Crippen molar-refractivity contribution in [2.45, 2.75) is 30.7 Å². The lowest BCUT2D eigenvalue weighted by Gasteiger charge is -2.15. The lowest BCUT2D eigenvalue weighted by atomic mass is 10.0. The lowest BCUT2D eigenvalue weighted by Crippen LogP contribution is -2.27. The van der Waals surface area contributed by atoms with E-state index >= 15 is 0 Å². The first-order chi connectivity index (χ1) is 14.3. The van der Waals surface area contributed by atoms with Crippen molar-refractivity contribution in [3.8, 4) is 0 Å². The molecule has 0 aromatic heterocycles. The van der Waals surface area contributed by atoms with Crippen LogP contribution < -0.4 is 15.8 Å². The first-order valence-corrected chi connectivity index (χ1v) is 11.2. The van der Waals surface area contributed by atoms with Gasteiger partial charge < -0.3 is 11.1 Å². The molecular weight excluding hydrogens is 398 g/mol. The predicted octanol–water partition coefficient (Wildman–Crippen LogP) is 3.80. The Labute approximate surface area is 176 Å². The number of amides is 1. The van der Waals surface area contributed by atoms with Gasteiger partial charge >= 0.3 is 0 Å². The minimum atomic E-state index is -3.62. The largest absolute Gasteiger partial charge is 0.397 e. The smallest absolute Gasteiger partial charge is 0.255 e. The van der Waals surface area contributed by atoms with Crippen molar-refractivity contribution in [2.75, 3.05) is 11.1 Å². The highest BCUT2D eigenvalue weighted by atomic mass is 32.2. The van der Waals surface area contributed by atoms with Gasteiger partial charge in [-0.05, 0) is 67.3 Å². The van der Waals surface area contributed by atoms with Gasteiger partial charge in [-0.15, -0.1) is 0 Å². The molecule has 1 atom stereocenters. The summed E-state index contributed by atoms with van der Waals surface area (Å²) in [4.78, 5) is 12.9. The summed E-state index contributed by atoms with van der Waals surface area (Å²) in [5, 5.41) is 2.82. The van der Waals surface area contributed by atoms with E-state index in [4.69, 9.17) is 5.73 Å². The Kier molecular flexibility index (Phi) is 5.32. The number of nitrogens with one attached hydrogen (secondary N) is 2. The quantitative estimate of drug-likeness (QED) is 0.546. The van der Waals surface area contributed by atoms with Crippen molar-refractivity contribution in [2.24, 2.45) is 0 Å². The number of aryl methyl sites for hydroxylation is 2. The SMILES string of the molecule is Cc1ccc(S(=O)(=O)NC2CCc3cc(C(=O)Nc4ccccc4N)ccc32)cc1. The van der Waals surface area contributed by atoms with Crippen LogP contribution in [-0.4, -0.2) is 14.3 Å². The number of rotatable bonds is 5. The molecule has 4 rings (SSSR count). The van der Waals surface area contributed by atoms with Crippen molar-refractivity contribution >= 4 is 27.3 Å². The van der Waals surface area contributed by atoms with Gasteiger partial charge in [-0.25, -0.2) is 13.1 Å². The molecule has 0 heterocycles. The summed E-state index contributed by atoms with van der Waals surface area (Å²) < 4.78 is 28.3. The number of para-hydroxylation sites is 2. The van der Waals surface area contributed by atoms with Crippen LogP contribution in [0.5, 0.6) is 0 Å². The number of nitrogen functional groups attached to an aromatic ring is 1. The van der Waals surface area contributed by atoms with Crippen molar-refractivity contribution in [3.63, 3.8) is 0 Å². The normalized spacial score (nSPS) is 15.6. The molecule has 0 fully saturated rings. The number of hydrogen-bond donors (Lipinski definition) is 3. The van der Waals surface area contributed by atoms with E-state index in [-0.39, 0.29) is 16.8 Å². The van der Waals surface area contributed by atoms with Crippen molar-refractivity contribution < 1.29 is 13.2 Å². The van der Waals surface area contributed by atoms with Gasteiger partial charge in [-0.2, -0.15) is 0 Å². The van der Waals surface area contributed by atoms with Crippen LogP contribution >= 0.6 is 0 Å². The number of sulfonamides is 1. The Morgan fingerprint density at radius 2 is 1.77 bits per heavy atom. The summed E-state index contributed by atoms with van der Waals surface area (Å²) in [5.41, 5.74) is 10.3. The maximum Gasteiger partial charge on any atom is 0.255 e. The van der Waals surface area contributed by atoms with E-state index in [1.54, 1.807) is 54.6 Å². The van der Waals surface area contributed by atoms with Crippen molar-refractivity contribution in [1.82, 2.24) is 4.72 Å². The number of anilines is 2. The number of carbonyl (C=O) groups excluding carboxylic acids is 1. The fourth-order valence-corrected chi connectivity index (χ4v) is 4.91. The molecule has 30 heavy (non-hydrogen) atoms.